The molecule has 0 spiro atoms. The van der Waals surface area contributed by atoms with Crippen LogP contribution in [-0.2, 0) is 27.3 Å². The summed E-state index contributed by atoms with van der Waals surface area (Å²) in [6, 6.07) is 6.62. The minimum absolute atomic E-state index is 0.102. The number of nitrogens with zero attached hydrogens (tertiary/aromatic N) is 1. The van der Waals surface area contributed by atoms with Gasteiger partial charge in [0, 0.05) is 42.6 Å². The molecule has 1 aliphatic carbocycles. The minimum atomic E-state index is -0.559. The number of carbonyl (C=O) groups excluding carboxylic acids is 3. The largest absolute Gasteiger partial charge is 0.381 e. The van der Waals surface area contributed by atoms with Gasteiger partial charge in [0.15, 0.2) is 0 Å². The highest BCUT2D eigenvalue weighted by Crippen LogP contribution is 2.34. The molecule has 7 heteroatoms. The van der Waals surface area contributed by atoms with Crippen LogP contribution in [-0.4, -0.2) is 54.0 Å². The van der Waals surface area contributed by atoms with Gasteiger partial charge in [-0.05, 0) is 55.2 Å². The number of rotatable bonds is 5. The maximum absolute atomic E-state index is 13.0. The molecule has 34 heavy (non-hydrogen) atoms. The Labute approximate surface area is 202 Å². The van der Waals surface area contributed by atoms with E-state index in [4.69, 9.17) is 4.74 Å². The van der Waals surface area contributed by atoms with Crippen molar-refractivity contribution in [2.75, 3.05) is 13.2 Å². The summed E-state index contributed by atoms with van der Waals surface area (Å²) in [5.41, 5.74) is 3.10. The van der Waals surface area contributed by atoms with Crippen molar-refractivity contribution < 1.29 is 19.1 Å². The molecule has 1 aromatic rings. The van der Waals surface area contributed by atoms with Crippen molar-refractivity contribution in [3.63, 3.8) is 0 Å². The number of hydrogen-bond acceptors (Lipinski definition) is 5. The minimum Gasteiger partial charge on any atom is -0.381 e. The van der Waals surface area contributed by atoms with E-state index in [1.807, 2.05) is 6.07 Å². The van der Waals surface area contributed by atoms with Crippen LogP contribution in [0.15, 0.2) is 18.2 Å². The first-order valence-electron chi connectivity index (χ1n) is 12.9. The number of carbonyl (C=O) groups is 3. The molecule has 3 amide bonds. The molecule has 2 N–H and O–H groups in total. The van der Waals surface area contributed by atoms with Gasteiger partial charge in [0.2, 0.25) is 11.8 Å². The number of hydrogen-bond donors (Lipinski definition) is 2. The Balaban J connectivity index is 1.27. The van der Waals surface area contributed by atoms with Crippen molar-refractivity contribution in [1.29, 1.82) is 0 Å². The van der Waals surface area contributed by atoms with Crippen molar-refractivity contribution in [1.82, 2.24) is 15.5 Å². The molecule has 0 bridgehead atoms. The third-order valence-corrected chi connectivity index (χ3v) is 8.38. The standard InChI is InChI=1S/C27H37N3O4/c1-27(2)16-34-12-11-23(27)28-21-6-4-3-5-18(21)13-17-7-8-20-19(14-17)15-30(26(20)33)22-9-10-24(31)29-25(22)32/h7-8,14,18,21-23,28H,3-6,9-13,15-16H2,1-2H3,(H,29,31,32)/t18-,21+,22?,23+/m1/s1. The molecule has 1 unspecified atom stereocenters. The quantitative estimate of drug-likeness (QED) is 0.650. The van der Waals surface area contributed by atoms with Gasteiger partial charge in [-0.25, -0.2) is 0 Å². The maximum atomic E-state index is 13.0. The van der Waals surface area contributed by atoms with E-state index in [1.54, 1.807) is 4.90 Å². The van der Waals surface area contributed by atoms with Gasteiger partial charge in [-0.2, -0.15) is 0 Å². The zero-order valence-corrected chi connectivity index (χ0v) is 20.4. The van der Waals surface area contributed by atoms with Crippen LogP contribution in [0.2, 0.25) is 0 Å². The smallest absolute Gasteiger partial charge is 0.255 e. The van der Waals surface area contributed by atoms with Crippen LogP contribution in [0, 0.1) is 11.3 Å². The van der Waals surface area contributed by atoms with Crippen LogP contribution >= 0.6 is 0 Å². The topological polar surface area (TPSA) is 87.7 Å². The summed E-state index contributed by atoms with van der Waals surface area (Å²) < 4.78 is 5.73. The summed E-state index contributed by atoms with van der Waals surface area (Å²) >= 11 is 0. The first-order chi connectivity index (χ1) is 16.3. The van der Waals surface area contributed by atoms with E-state index >= 15 is 0 Å². The van der Waals surface area contributed by atoms with Crippen molar-refractivity contribution >= 4 is 17.7 Å². The van der Waals surface area contributed by atoms with Gasteiger partial charge in [0.05, 0.1) is 6.61 Å². The summed E-state index contributed by atoms with van der Waals surface area (Å²) in [7, 11) is 0. The molecule has 4 atom stereocenters. The monoisotopic (exact) mass is 467 g/mol. The third kappa shape index (κ3) is 4.65. The van der Waals surface area contributed by atoms with Crippen molar-refractivity contribution in [2.45, 2.75) is 89.9 Å². The summed E-state index contributed by atoms with van der Waals surface area (Å²) in [5.74, 6) is -0.138. The van der Waals surface area contributed by atoms with E-state index < -0.39 is 6.04 Å². The SMILES string of the molecule is CC1(C)COCC[C@@H]1N[C@H]1CCCC[C@@H]1Cc1ccc2c(c1)CN(C1CCC(=O)NC1=O)C2=O. The lowest BCUT2D eigenvalue weighted by atomic mass is 9.77. The molecule has 4 aliphatic rings. The number of fused-ring (bicyclic) bond motifs is 1. The number of piperidine rings is 1. The second-order valence-corrected chi connectivity index (χ2v) is 11.3. The van der Waals surface area contributed by atoms with Gasteiger partial charge >= 0.3 is 0 Å². The normalized spacial score (nSPS) is 31.4. The van der Waals surface area contributed by atoms with Crippen LogP contribution in [0.4, 0.5) is 0 Å². The molecular weight excluding hydrogens is 430 g/mol. The van der Waals surface area contributed by atoms with E-state index in [0.717, 1.165) is 31.6 Å². The lowest BCUT2D eigenvalue weighted by molar-refractivity contribution is -0.136. The molecule has 0 aromatic heterocycles. The number of amides is 3. The number of benzene rings is 1. The van der Waals surface area contributed by atoms with Gasteiger partial charge in [-0.1, -0.05) is 38.8 Å². The summed E-state index contributed by atoms with van der Waals surface area (Å²) in [6.45, 7) is 6.68. The Hall–Kier alpha value is -2.25. The van der Waals surface area contributed by atoms with E-state index in [2.05, 4.69) is 36.6 Å². The van der Waals surface area contributed by atoms with E-state index in [9.17, 15) is 14.4 Å². The Morgan fingerprint density at radius 2 is 1.94 bits per heavy atom. The summed E-state index contributed by atoms with van der Waals surface area (Å²) in [5, 5.41) is 6.40. The van der Waals surface area contributed by atoms with Crippen LogP contribution in [0.1, 0.15) is 80.3 Å². The van der Waals surface area contributed by atoms with Crippen LogP contribution < -0.4 is 10.6 Å². The van der Waals surface area contributed by atoms with Crippen LogP contribution in [0.3, 0.4) is 0 Å². The van der Waals surface area contributed by atoms with Crippen molar-refractivity contribution in [3.05, 3.63) is 34.9 Å². The molecule has 184 valence electrons. The molecule has 3 heterocycles. The van der Waals surface area contributed by atoms with Gasteiger partial charge in [0.1, 0.15) is 6.04 Å². The van der Waals surface area contributed by atoms with Crippen molar-refractivity contribution in [2.24, 2.45) is 11.3 Å². The van der Waals surface area contributed by atoms with E-state index in [1.165, 1.54) is 31.2 Å². The zero-order chi connectivity index (χ0) is 23.9. The van der Waals surface area contributed by atoms with Gasteiger partial charge < -0.3 is 15.0 Å². The molecule has 1 saturated carbocycles. The second kappa shape index (κ2) is 9.42. The Kier molecular flexibility index (Phi) is 6.51. The Morgan fingerprint density at radius 1 is 1.12 bits per heavy atom. The molecule has 0 radical (unpaired) electrons. The summed E-state index contributed by atoms with van der Waals surface area (Å²) in [6.07, 6.45) is 7.72. The fourth-order valence-electron chi connectivity index (χ4n) is 6.32. The Bertz CT molecular complexity index is 975. The maximum Gasteiger partial charge on any atom is 0.255 e. The lowest BCUT2D eigenvalue weighted by Gasteiger charge is -2.43. The predicted octanol–water partition coefficient (Wildman–Crippen LogP) is 2.95. The van der Waals surface area contributed by atoms with Gasteiger partial charge in [0.25, 0.3) is 5.91 Å². The van der Waals surface area contributed by atoms with Crippen molar-refractivity contribution in [3.8, 4) is 0 Å². The molecule has 7 nitrogen and oxygen atoms in total. The number of imide groups is 1. The number of ether oxygens (including phenoxy) is 1. The highest BCUT2D eigenvalue weighted by molar-refractivity contribution is 6.05. The average Bonchev–Trinajstić information content (AvgIpc) is 3.12. The first-order valence-corrected chi connectivity index (χ1v) is 12.9. The van der Waals surface area contributed by atoms with Crippen LogP contribution in [0.5, 0.6) is 0 Å². The molecule has 2 saturated heterocycles. The van der Waals surface area contributed by atoms with Gasteiger partial charge in [-0.3, -0.25) is 19.7 Å². The second-order valence-electron chi connectivity index (χ2n) is 11.3. The average molecular weight is 468 g/mol. The highest BCUT2D eigenvalue weighted by atomic mass is 16.5. The van der Waals surface area contributed by atoms with Crippen LogP contribution in [0.25, 0.3) is 0 Å². The molecule has 3 aliphatic heterocycles. The fourth-order valence-corrected chi connectivity index (χ4v) is 6.32. The third-order valence-electron chi connectivity index (χ3n) is 8.38. The molecule has 5 rings (SSSR count). The molecule has 1 aromatic carbocycles. The number of nitrogens with one attached hydrogen (secondary N) is 2. The van der Waals surface area contributed by atoms with Gasteiger partial charge in [-0.15, -0.1) is 0 Å². The molecule has 3 fully saturated rings. The lowest BCUT2D eigenvalue weighted by Crippen LogP contribution is -2.54. The Morgan fingerprint density at radius 3 is 2.74 bits per heavy atom. The molecular formula is C27H37N3O4. The van der Waals surface area contributed by atoms with E-state index in [0.29, 0.717) is 36.5 Å². The summed E-state index contributed by atoms with van der Waals surface area (Å²) in [4.78, 5) is 38.5. The van der Waals surface area contributed by atoms with E-state index in [-0.39, 0.29) is 29.6 Å². The fraction of sp³-hybridized carbons (Fsp3) is 0.667. The first kappa shape index (κ1) is 23.5. The predicted molar refractivity (Wildman–Crippen MR) is 128 cm³/mol. The zero-order valence-electron chi connectivity index (χ0n) is 20.4. The highest BCUT2D eigenvalue weighted by Gasteiger charge is 2.40.